The van der Waals surface area contributed by atoms with E-state index >= 15 is 0 Å². The van der Waals surface area contributed by atoms with Gasteiger partial charge in [0.25, 0.3) is 11.7 Å². The summed E-state index contributed by atoms with van der Waals surface area (Å²) in [4.78, 5) is 33.1. The lowest BCUT2D eigenvalue weighted by Crippen LogP contribution is -2.39. The van der Waals surface area contributed by atoms with Crippen LogP contribution in [0.4, 0.5) is 0 Å². The highest BCUT2D eigenvalue weighted by molar-refractivity contribution is 7.98. The molecule has 0 atom stereocenters. The van der Waals surface area contributed by atoms with Gasteiger partial charge in [-0.05, 0) is 51.7 Å². The Morgan fingerprint density at radius 3 is 2.61 bits per heavy atom. The zero-order chi connectivity index (χ0) is 20.3. The second kappa shape index (κ2) is 8.89. The molecular weight excluding hydrogens is 378 g/mol. The Kier molecular flexibility index (Phi) is 6.53. The van der Waals surface area contributed by atoms with Crippen molar-refractivity contribution in [3.63, 3.8) is 0 Å². The van der Waals surface area contributed by atoms with Crippen LogP contribution in [-0.2, 0) is 20.7 Å². The van der Waals surface area contributed by atoms with Crippen LogP contribution in [0.15, 0.2) is 5.16 Å². The average Bonchev–Trinajstić information content (AvgIpc) is 3.08. The molecule has 2 aromatic rings. The summed E-state index contributed by atoms with van der Waals surface area (Å²) in [7, 11) is 0. The number of aryl methyl sites for hydroxylation is 2. The Morgan fingerprint density at radius 1 is 1.21 bits per heavy atom. The summed E-state index contributed by atoms with van der Waals surface area (Å²) in [6.07, 6.45) is 6.16. The third-order valence-electron chi connectivity index (χ3n) is 5.28. The van der Waals surface area contributed by atoms with Gasteiger partial charge in [-0.25, -0.2) is 9.50 Å². The molecule has 2 aromatic heterocycles. The zero-order valence-corrected chi connectivity index (χ0v) is 17.6. The number of fused-ring (bicyclic) bond motifs is 1. The van der Waals surface area contributed by atoms with E-state index in [4.69, 9.17) is 4.74 Å². The van der Waals surface area contributed by atoms with Crippen molar-refractivity contribution in [2.75, 3.05) is 12.9 Å². The van der Waals surface area contributed by atoms with Gasteiger partial charge in [0.05, 0.1) is 6.42 Å². The molecule has 9 heteroatoms. The number of carbonyl (C=O) groups is 2. The number of thioether (sulfide) groups is 1. The molecular formula is C19H27N5O3S. The first kappa shape index (κ1) is 20.6. The van der Waals surface area contributed by atoms with Gasteiger partial charge in [-0.2, -0.15) is 4.98 Å². The molecule has 1 amide bonds. The lowest BCUT2D eigenvalue weighted by molar-refractivity contribution is -0.148. The van der Waals surface area contributed by atoms with Gasteiger partial charge in [-0.15, -0.1) is 5.10 Å². The molecule has 3 rings (SSSR count). The van der Waals surface area contributed by atoms with Crippen molar-refractivity contribution in [1.29, 1.82) is 0 Å². The van der Waals surface area contributed by atoms with Gasteiger partial charge >= 0.3 is 5.97 Å². The Balaban J connectivity index is 1.56. The molecule has 0 aliphatic heterocycles. The fraction of sp³-hybridized carbons (Fsp3) is 0.632. The number of ether oxygens (including phenoxy) is 1. The highest BCUT2D eigenvalue weighted by Crippen LogP contribution is 2.23. The number of rotatable bonds is 6. The van der Waals surface area contributed by atoms with Crippen LogP contribution >= 0.6 is 11.8 Å². The molecule has 2 heterocycles. The van der Waals surface area contributed by atoms with Crippen molar-refractivity contribution in [2.45, 2.75) is 64.1 Å². The Bertz CT molecular complexity index is 874. The number of hydrogen-bond acceptors (Lipinski definition) is 7. The SMILES string of the molecule is CSc1nc2nc(C)c(CC(=O)OCC(=O)NC3CCC(C)CC3)c(C)n2n1. The van der Waals surface area contributed by atoms with Gasteiger partial charge in [0.15, 0.2) is 6.61 Å². The normalized spacial score (nSPS) is 19.6. The summed E-state index contributed by atoms with van der Waals surface area (Å²) in [6.45, 7) is 5.69. The standard InChI is InChI=1S/C19H27N5O3S/c1-11-5-7-14(8-6-11)21-16(25)10-27-17(26)9-15-12(2)20-18-22-19(28-4)23-24(18)13(15)3/h11,14H,5-10H2,1-4H3,(H,21,25). The third-order valence-corrected chi connectivity index (χ3v) is 5.82. The molecule has 0 aromatic carbocycles. The summed E-state index contributed by atoms with van der Waals surface area (Å²) in [5.74, 6) is 0.541. The summed E-state index contributed by atoms with van der Waals surface area (Å²) in [5, 5.41) is 7.96. The van der Waals surface area contributed by atoms with Crippen LogP contribution in [0.2, 0.25) is 0 Å². The quantitative estimate of drug-likeness (QED) is 0.581. The molecule has 0 unspecified atom stereocenters. The first-order chi connectivity index (χ1) is 13.4. The fourth-order valence-corrected chi connectivity index (χ4v) is 3.88. The van der Waals surface area contributed by atoms with Crippen LogP contribution in [0.25, 0.3) is 5.78 Å². The van der Waals surface area contributed by atoms with Gasteiger partial charge in [0.2, 0.25) is 5.16 Å². The smallest absolute Gasteiger partial charge is 0.310 e. The molecule has 1 aliphatic carbocycles. The molecule has 1 aliphatic rings. The van der Waals surface area contributed by atoms with Crippen LogP contribution in [0.1, 0.15) is 49.6 Å². The monoisotopic (exact) mass is 405 g/mol. The van der Waals surface area contributed by atoms with E-state index in [2.05, 4.69) is 27.3 Å². The van der Waals surface area contributed by atoms with Crippen LogP contribution in [0.3, 0.4) is 0 Å². The molecule has 0 saturated heterocycles. The molecule has 1 N–H and O–H groups in total. The average molecular weight is 406 g/mol. The number of nitrogens with zero attached hydrogens (tertiary/aromatic N) is 4. The van der Waals surface area contributed by atoms with Gasteiger partial charge in [0.1, 0.15) is 0 Å². The molecule has 0 spiro atoms. The van der Waals surface area contributed by atoms with Gasteiger partial charge in [0, 0.05) is 23.0 Å². The maximum atomic E-state index is 12.3. The lowest BCUT2D eigenvalue weighted by atomic mass is 9.87. The maximum absolute atomic E-state index is 12.3. The van der Waals surface area contributed by atoms with E-state index in [1.54, 1.807) is 4.52 Å². The van der Waals surface area contributed by atoms with E-state index in [0.717, 1.165) is 42.9 Å². The molecule has 1 saturated carbocycles. The van der Waals surface area contributed by atoms with Crippen LogP contribution in [0, 0.1) is 19.8 Å². The summed E-state index contributed by atoms with van der Waals surface area (Å²) in [5.41, 5.74) is 2.26. The van der Waals surface area contributed by atoms with Crippen LogP contribution in [0.5, 0.6) is 0 Å². The minimum atomic E-state index is -0.454. The summed E-state index contributed by atoms with van der Waals surface area (Å²) < 4.78 is 6.83. The molecule has 28 heavy (non-hydrogen) atoms. The number of hydrogen-bond donors (Lipinski definition) is 1. The number of esters is 1. The highest BCUT2D eigenvalue weighted by Gasteiger charge is 2.21. The predicted molar refractivity (Wildman–Crippen MR) is 106 cm³/mol. The number of aromatic nitrogens is 4. The first-order valence-corrected chi connectivity index (χ1v) is 10.8. The molecule has 8 nitrogen and oxygen atoms in total. The molecule has 0 bridgehead atoms. The fourth-order valence-electron chi connectivity index (χ4n) is 3.55. The minimum absolute atomic E-state index is 0.0449. The Hall–Kier alpha value is -2.16. The first-order valence-electron chi connectivity index (χ1n) is 9.59. The van der Waals surface area contributed by atoms with Gasteiger partial charge in [-0.3, -0.25) is 9.59 Å². The predicted octanol–water partition coefficient (Wildman–Crippen LogP) is 2.24. The van der Waals surface area contributed by atoms with E-state index in [1.807, 2.05) is 20.1 Å². The highest BCUT2D eigenvalue weighted by atomic mass is 32.2. The lowest BCUT2D eigenvalue weighted by Gasteiger charge is -2.26. The van der Waals surface area contributed by atoms with E-state index < -0.39 is 5.97 Å². The molecule has 152 valence electrons. The second-order valence-corrected chi connectivity index (χ2v) is 8.21. The van der Waals surface area contributed by atoms with E-state index in [0.29, 0.717) is 16.6 Å². The van der Waals surface area contributed by atoms with Crippen molar-refractivity contribution in [2.24, 2.45) is 5.92 Å². The van der Waals surface area contributed by atoms with Crippen molar-refractivity contribution < 1.29 is 14.3 Å². The maximum Gasteiger partial charge on any atom is 0.310 e. The molecule has 1 fully saturated rings. The Morgan fingerprint density at radius 2 is 1.93 bits per heavy atom. The zero-order valence-electron chi connectivity index (χ0n) is 16.8. The third kappa shape index (κ3) is 4.81. The van der Waals surface area contributed by atoms with Gasteiger partial charge < -0.3 is 10.1 Å². The Labute approximate surface area is 168 Å². The van der Waals surface area contributed by atoms with Crippen molar-refractivity contribution in [3.05, 3.63) is 17.0 Å². The van der Waals surface area contributed by atoms with E-state index in [9.17, 15) is 9.59 Å². The van der Waals surface area contributed by atoms with Crippen molar-refractivity contribution in [1.82, 2.24) is 24.9 Å². The number of amides is 1. The van der Waals surface area contributed by atoms with Gasteiger partial charge in [-0.1, -0.05) is 18.7 Å². The number of carbonyl (C=O) groups excluding carboxylic acids is 2. The van der Waals surface area contributed by atoms with E-state index in [-0.39, 0.29) is 25.0 Å². The second-order valence-electron chi connectivity index (χ2n) is 7.43. The summed E-state index contributed by atoms with van der Waals surface area (Å²) in [6, 6.07) is 0.191. The topological polar surface area (TPSA) is 98.5 Å². The summed E-state index contributed by atoms with van der Waals surface area (Å²) >= 11 is 1.44. The van der Waals surface area contributed by atoms with Crippen LogP contribution in [-0.4, -0.2) is 50.4 Å². The van der Waals surface area contributed by atoms with E-state index in [1.165, 1.54) is 11.8 Å². The van der Waals surface area contributed by atoms with Crippen molar-refractivity contribution >= 4 is 29.4 Å². The molecule has 0 radical (unpaired) electrons. The minimum Gasteiger partial charge on any atom is -0.455 e. The van der Waals surface area contributed by atoms with Crippen LogP contribution < -0.4 is 5.32 Å². The number of nitrogens with one attached hydrogen (secondary N) is 1. The van der Waals surface area contributed by atoms with Crippen molar-refractivity contribution in [3.8, 4) is 0 Å². The largest absolute Gasteiger partial charge is 0.455 e.